The molecule has 0 spiro atoms. The molecule has 0 bridgehead atoms. The molecule has 156 valence electrons. The molecule has 5 nitrogen and oxygen atoms in total. The molecule has 0 aromatic heterocycles. The van der Waals surface area contributed by atoms with Gasteiger partial charge in [0, 0.05) is 25.2 Å². The molecule has 0 atom stereocenters. The van der Waals surface area contributed by atoms with E-state index >= 15 is 0 Å². The van der Waals surface area contributed by atoms with Gasteiger partial charge in [0.15, 0.2) is 0 Å². The maximum atomic E-state index is 10.8. The number of nitrogens with zero attached hydrogens (tertiary/aromatic N) is 2. The molecule has 1 aromatic rings. The SMILES string of the molecule is C1CCC1.CN(CC1CC(Oc2ccc(CN3CCCC3)c(Cl)c2)C1)C(=O)O. The van der Waals surface area contributed by atoms with Crippen LogP contribution in [-0.2, 0) is 6.54 Å². The van der Waals surface area contributed by atoms with E-state index in [9.17, 15) is 4.79 Å². The number of carbonyl (C=O) groups is 1. The summed E-state index contributed by atoms with van der Waals surface area (Å²) < 4.78 is 5.96. The molecule has 1 aliphatic heterocycles. The van der Waals surface area contributed by atoms with Crippen LogP contribution in [0.25, 0.3) is 0 Å². The van der Waals surface area contributed by atoms with Gasteiger partial charge in [0.2, 0.25) is 0 Å². The highest BCUT2D eigenvalue weighted by Gasteiger charge is 2.32. The third-order valence-electron chi connectivity index (χ3n) is 5.97. The van der Waals surface area contributed by atoms with Crippen molar-refractivity contribution in [1.82, 2.24) is 9.80 Å². The maximum absolute atomic E-state index is 10.8. The molecule has 3 fully saturated rings. The minimum Gasteiger partial charge on any atom is -0.490 e. The van der Waals surface area contributed by atoms with Gasteiger partial charge in [0.05, 0.1) is 6.10 Å². The summed E-state index contributed by atoms with van der Waals surface area (Å²) in [5.74, 6) is 1.20. The van der Waals surface area contributed by atoms with Crippen molar-refractivity contribution in [3.8, 4) is 5.75 Å². The zero-order valence-electron chi connectivity index (χ0n) is 16.9. The average molecular weight is 409 g/mol. The number of benzene rings is 1. The Labute approximate surface area is 173 Å². The monoisotopic (exact) mass is 408 g/mol. The second-order valence-corrected chi connectivity index (χ2v) is 8.80. The molecule has 1 saturated heterocycles. The minimum absolute atomic E-state index is 0.165. The zero-order chi connectivity index (χ0) is 19.9. The van der Waals surface area contributed by atoms with Gasteiger partial charge < -0.3 is 14.7 Å². The average Bonchev–Trinajstić information content (AvgIpc) is 3.06. The third kappa shape index (κ3) is 6.28. The zero-order valence-corrected chi connectivity index (χ0v) is 17.7. The van der Waals surface area contributed by atoms with Gasteiger partial charge in [-0.25, -0.2) is 4.79 Å². The summed E-state index contributed by atoms with van der Waals surface area (Å²) in [4.78, 5) is 14.6. The van der Waals surface area contributed by atoms with Crippen LogP contribution in [0.4, 0.5) is 4.79 Å². The summed E-state index contributed by atoms with van der Waals surface area (Å²) in [6.45, 7) is 3.79. The molecule has 1 heterocycles. The van der Waals surface area contributed by atoms with E-state index in [1.54, 1.807) is 7.05 Å². The smallest absolute Gasteiger partial charge is 0.407 e. The molecule has 1 aromatic carbocycles. The molecule has 4 rings (SSSR count). The molecule has 2 saturated carbocycles. The van der Waals surface area contributed by atoms with Gasteiger partial charge in [0.1, 0.15) is 5.75 Å². The molecule has 28 heavy (non-hydrogen) atoms. The van der Waals surface area contributed by atoms with Crippen molar-refractivity contribution in [3.63, 3.8) is 0 Å². The van der Waals surface area contributed by atoms with E-state index in [0.29, 0.717) is 12.5 Å². The van der Waals surface area contributed by atoms with E-state index < -0.39 is 6.09 Å². The number of likely N-dealkylation sites (tertiary alicyclic amines) is 1. The van der Waals surface area contributed by atoms with E-state index in [1.165, 1.54) is 43.4 Å². The largest absolute Gasteiger partial charge is 0.490 e. The van der Waals surface area contributed by atoms with Crippen molar-refractivity contribution >= 4 is 17.7 Å². The molecule has 2 aliphatic carbocycles. The Morgan fingerprint density at radius 1 is 1.18 bits per heavy atom. The maximum Gasteiger partial charge on any atom is 0.407 e. The Kier molecular flexibility index (Phi) is 7.86. The quantitative estimate of drug-likeness (QED) is 0.697. The number of amides is 1. The predicted molar refractivity (Wildman–Crippen MR) is 112 cm³/mol. The van der Waals surface area contributed by atoms with E-state index in [-0.39, 0.29) is 6.10 Å². The molecule has 0 unspecified atom stereocenters. The fourth-order valence-corrected chi connectivity index (χ4v) is 3.97. The van der Waals surface area contributed by atoms with Gasteiger partial charge in [-0.3, -0.25) is 4.90 Å². The lowest BCUT2D eigenvalue weighted by Gasteiger charge is -2.37. The second kappa shape index (κ2) is 10.4. The van der Waals surface area contributed by atoms with Gasteiger partial charge in [-0.15, -0.1) is 0 Å². The van der Waals surface area contributed by atoms with Crippen LogP contribution in [0.2, 0.25) is 5.02 Å². The van der Waals surface area contributed by atoms with Crippen LogP contribution in [0.1, 0.15) is 56.9 Å². The van der Waals surface area contributed by atoms with Crippen molar-refractivity contribution < 1.29 is 14.6 Å². The first-order chi connectivity index (χ1) is 13.5. The Balaban J connectivity index is 0.000000500. The summed E-state index contributed by atoms with van der Waals surface area (Å²) in [5, 5.41) is 9.65. The molecule has 6 heteroatoms. The molecule has 0 radical (unpaired) electrons. The van der Waals surface area contributed by atoms with Crippen molar-refractivity contribution in [2.45, 2.75) is 64.0 Å². The normalized spacial score (nSPS) is 23.8. The predicted octanol–water partition coefficient (Wildman–Crippen LogP) is 5.26. The van der Waals surface area contributed by atoms with Crippen molar-refractivity contribution in [2.75, 3.05) is 26.7 Å². The fraction of sp³-hybridized carbons (Fsp3) is 0.682. The summed E-state index contributed by atoms with van der Waals surface area (Å²) in [5.41, 5.74) is 1.15. The minimum atomic E-state index is -0.875. The first kappa shape index (κ1) is 21.3. The highest BCUT2D eigenvalue weighted by molar-refractivity contribution is 6.31. The highest BCUT2D eigenvalue weighted by Crippen LogP contribution is 2.33. The van der Waals surface area contributed by atoms with Crippen LogP contribution in [0.3, 0.4) is 0 Å². The standard InChI is InChI=1S/C18H25ClN2O3.C4H8/c1-20(18(22)23)11-13-8-16(9-13)24-15-5-4-14(17(19)10-15)12-21-6-2-3-7-21;1-2-4-3-1/h4-5,10,13,16H,2-3,6-9,11-12H2,1H3,(H,22,23);1-4H2. The van der Waals surface area contributed by atoms with Gasteiger partial charge in [-0.2, -0.15) is 0 Å². The third-order valence-corrected chi connectivity index (χ3v) is 6.32. The van der Waals surface area contributed by atoms with Crippen molar-refractivity contribution in [2.24, 2.45) is 5.92 Å². The van der Waals surface area contributed by atoms with Crippen LogP contribution >= 0.6 is 11.6 Å². The van der Waals surface area contributed by atoms with Gasteiger partial charge >= 0.3 is 6.09 Å². The van der Waals surface area contributed by atoms with Gasteiger partial charge in [0.25, 0.3) is 0 Å². The van der Waals surface area contributed by atoms with E-state index in [4.69, 9.17) is 21.4 Å². The van der Waals surface area contributed by atoms with Crippen LogP contribution in [-0.4, -0.2) is 53.8 Å². The summed E-state index contributed by atoms with van der Waals surface area (Å²) in [6, 6.07) is 5.96. The van der Waals surface area contributed by atoms with Crippen molar-refractivity contribution in [3.05, 3.63) is 28.8 Å². The molecular weight excluding hydrogens is 376 g/mol. The lowest BCUT2D eigenvalue weighted by molar-refractivity contribution is 0.0474. The van der Waals surface area contributed by atoms with E-state index in [1.807, 2.05) is 12.1 Å². The van der Waals surface area contributed by atoms with Gasteiger partial charge in [-0.05, 0) is 62.4 Å². The topological polar surface area (TPSA) is 53.0 Å². The number of halogens is 1. The second-order valence-electron chi connectivity index (χ2n) is 8.39. The number of carboxylic acid groups (broad SMARTS) is 1. The lowest BCUT2D eigenvalue weighted by Crippen LogP contribution is -2.41. The van der Waals surface area contributed by atoms with Crippen LogP contribution in [0.15, 0.2) is 18.2 Å². The van der Waals surface area contributed by atoms with Crippen LogP contribution in [0, 0.1) is 5.92 Å². The summed E-state index contributed by atoms with van der Waals surface area (Å²) >= 11 is 6.41. The molecule has 3 aliphatic rings. The Hall–Kier alpha value is -1.46. The van der Waals surface area contributed by atoms with Crippen LogP contribution < -0.4 is 4.74 Å². The highest BCUT2D eigenvalue weighted by atomic mass is 35.5. The fourth-order valence-electron chi connectivity index (χ4n) is 3.74. The molecular formula is C22H33ClN2O3. The lowest BCUT2D eigenvalue weighted by atomic mass is 9.82. The molecule has 1 N–H and O–H groups in total. The van der Waals surface area contributed by atoms with E-state index in [0.717, 1.165) is 48.8 Å². The molecule has 1 amide bonds. The number of ether oxygens (including phenoxy) is 1. The van der Waals surface area contributed by atoms with Gasteiger partial charge in [-0.1, -0.05) is 43.4 Å². The van der Waals surface area contributed by atoms with Crippen molar-refractivity contribution in [1.29, 1.82) is 0 Å². The number of rotatable bonds is 6. The summed E-state index contributed by atoms with van der Waals surface area (Å²) in [6.07, 6.45) is 9.63. The van der Waals surface area contributed by atoms with E-state index in [2.05, 4.69) is 11.0 Å². The first-order valence-corrected chi connectivity index (χ1v) is 11.0. The first-order valence-electron chi connectivity index (χ1n) is 10.6. The number of hydrogen-bond acceptors (Lipinski definition) is 3. The Morgan fingerprint density at radius 2 is 1.82 bits per heavy atom. The van der Waals surface area contributed by atoms with Crippen LogP contribution in [0.5, 0.6) is 5.75 Å². The Morgan fingerprint density at radius 3 is 2.36 bits per heavy atom. The number of hydrogen-bond donors (Lipinski definition) is 1. The Bertz CT molecular complexity index is 635. The summed E-state index contributed by atoms with van der Waals surface area (Å²) in [7, 11) is 1.61.